The van der Waals surface area contributed by atoms with Crippen molar-refractivity contribution in [3.8, 4) is 0 Å². The van der Waals surface area contributed by atoms with E-state index in [2.05, 4.69) is 44.3 Å². The predicted octanol–water partition coefficient (Wildman–Crippen LogP) is 3.92. The Balaban J connectivity index is 1.99. The molecule has 4 nitrogen and oxygen atoms in total. The van der Waals surface area contributed by atoms with Crippen LogP contribution in [0.5, 0.6) is 0 Å². The van der Waals surface area contributed by atoms with E-state index < -0.39 is 0 Å². The van der Waals surface area contributed by atoms with E-state index in [9.17, 15) is 0 Å². The van der Waals surface area contributed by atoms with Crippen LogP contribution in [0.1, 0.15) is 45.6 Å². The molecule has 2 aromatic rings. The fourth-order valence-electron chi connectivity index (χ4n) is 2.98. The second kappa shape index (κ2) is 4.47. The summed E-state index contributed by atoms with van der Waals surface area (Å²) in [6.07, 6.45) is 6.58. The average molecular weight is 323 g/mol. The van der Waals surface area contributed by atoms with E-state index in [1.54, 1.807) is 0 Å². The lowest BCUT2D eigenvalue weighted by molar-refractivity contribution is 0.196. The number of hydrogen-bond donors (Lipinski definition) is 1. The highest BCUT2D eigenvalue weighted by Crippen LogP contribution is 2.41. The highest BCUT2D eigenvalue weighted by atomic mass is 79.9. The third-order valence-corrected chi connectivity index (χ3v) is 4.63. The van der Waals surface area contributed by atoms with E-state index in [0.29, 0.717) is 17.4 Å². The molecule has 2 aromatic heterocycles. The van der Waals surface area contributed by atoms with Gasteiger partial charge in [-0.1, -0.05) is 13.8 Å². The first-order valence-corrected chi connectivity index (χ1v) is 7.54. The molecule has 1 aliphatic carbocycles. The fraction of sp³-hybridized carbons (Fsp3) is 0.571. The molecule has 2 heterocycles. The van der Waals surface area contributed by atoms with Crippen LogP contribution in [0.3, 0.4) is 0 Å². The van der Waals surface area contributed by atoms with Gasteiger partial charge in [-0.3, -0.25) is 4.57 Å². The van der Waals surface area contributed by atoms with Gasteiger partial charge in [-0.05, 0) is 53.1 Å². The van der Waals surface area contributed by atoms with Crippen molar-refractivity contribution in [1.82, 2.24) is 14.5 Å². The number of nitrogens with two attached hydrogens (primary N) is 1. The van der Waals surface area contributed by atoms with Gasteiger partial charge in [0.1, 0.15) is 5.52 Å². The molecule has 3 rings (SSSR count). The van der Waals surface area contributed by atoms with E-state index in [1.807, 2.05) is 12.3 Å². The zero-order valence-corrected chi connectivity index (χ0v) is 12.9. The minimum Gasteiger partial charge on any atom is -0.369 e. The average Bonchev–Trinajstić information content (AvgIpc) is 2.65. The first-order chi connectivity index (χ1) is 8.96. The first kappa shape index (κ1) is 12.9. The van der Waals surface area contributed by atoms with Crippen molar-refractivity contribution in [3.05, 3.63) is 16.7 Å². The van der Waals surface area contributed by atoms with Crippen molar-refractivity contribution in [2.45, 2.75) is 45.6 Å². The third-order valence-electron chi connectivity index (χ3n) is 4.20. The quantitative estimate of drug-likeness (QED) is 0.865. The van der Waals surface area contributed by atoms with Crippen LogP contribution in [0.4, 0.5) is 5.95 Å². The molecular weight excluding hydrogens is 304 g/mol. The summed E-state index contributed by atoms with van der Waals surface area (Å²) in [5.41, 5.74) is 8.33. The normalized spacial score (nSPS) is 19.9. The van der Waals surface area contributed by atoms with E-state index in [4.69, 9.17) is 5.73 Å². The molecule has 0 amide bonds. The summed E-state index contributed by atoms with van der Waals surface area (Å²) in [4.78, 5) is 8.92. The second-order valence-corrected chi connectivity index (χ2v) is 7.15. The Labute approximate surface area is 121 Å². The SMILES string of the molecule is CC1(C)CCC(n2c(N)nc3cc(Br)cnc32)CC1. The topological polar surface area (TPSA) is 56.7 Å². The van der Waals surface area contributed by atoms with Crippen molar-refractivity contribution < 1.29 is 0 Å². The Bertz CT molecular complexity index is 607. The molecule has 0 unspecified atom stereocenters. The molecule has 0 aliphatic heterocycles. The number of fused-ring (bicyclic) bond motifs is 1. The molecule has 1 saturated carbocycles. The molecule has 19 heavy (non-hydrogen) atoms. The maximum atomic E-state index is 6.10. The van der Waals surface area contributed by atoms with Crippen molar-refractivity contribution in [3.63, 3.8) is 0 Å². The number of rotatable bonds is 1. The zero-order chi connectivity index (χ0) is 13.6. The molecule has 0 saturated heterocycles. The number of aromatic nitrogens is 3. The van der Waals surface area contributed by atoms with Crippen LogP contribution >= 0.6 is 15.9 Å². The largest absolute Gasteiger partial charge is 0.369 e. The zero-order valence-electron chi connectivity index (χ0n) is 11.4. The van der Waals surface area contributed by atoms with Gasteiger partial charge in [-0.15, -0.1) is 0 Å². The van der Waals surface area contributed by atoms with Crippen molar-refractivity contribution in [2.75, 3.05) is 5.73 Å². The van der Waals surface area contributed by atoms with Crippen LogP contribution < -0.4 is 5.73 Å². The number of pyridine rings is 1. The van der Waals surface area contributed by atoms with E-state index in [1.165, 1.54) is 12.8 Å². The maximum absolute atomic E-state index is 6.10. The number of imidazole rings is 1. The van der Waals surface area contributed by atoms with Crippen LogP contribution in [-0.4, -0.2) is 14.5 Å². The van der Waals surface area contributed by atoms with Gasteiger partial charge in [-0.25, -0.2) is 9.97 Å². The molecule has 2 N–H and O–H groups in total. The van der Waals surface area contributed by atoms with Crippen molar-refractivity contribution in [1.29, 1.82) is 0 Å². The molecule has 0 spiro atoms. The summed E-state index contributed by atoms with van der Waals surface area (Å²) < 4.78 is 3.06. The van der Waals surface area contributed by atoms with Gasteiger partial charge in [0.05, 0.1) is 0 Å². The van der Waals surface area contributed by atoms with E-state index in [0.717, 1.165) is 28.5 Å². The van der Waals surface area contributed by atoms with Crippen molar-refractivity contribution >= 4 is 33.0 Å². The molecular formula is C14H19BrN4. The van der Waals surface area contributed by atoms with E-state index >= 15 is 0 Å². The van der Waals surface area contributed by atoms with Crippen LogP contribution in [0, 0.1) is 5.41 Å². The first-order valence-electron chi connectivity index (χ1n) is 6.75. The molecule has 0 aromatic carbocycles. The molecule has 0 bridgehead atoms. The number of anilines is 1. The van der Waals surface area contributed by atoms with Crippen molar-refractivity contribution in [2.24, 2.45) is 5.41 Å². The van der Waals surface area contributed by atoms with Crippen LogP contribution in [0.2, 0.25) is 0 Å². The standard InChI is InChI=1S/C14H19BrN4/c1-14(2)5-3-10(4-6-14)19-12-11(18-13(19)16)7-9(15)8-17-12/h7-8,10H,3-6H2,1-2H3,(H2,16,18). The lowest BCUT2D eigenvalue weighted by Gasteiger charge is -2.35. The summed E-state index contributed by atoms with van der Waals surface area (Å²) in [6.45, 7) is 4.68. The maximum Gasteiger partial charge on any atom is 0.202 e. The van der Waals surface area contributed by atoms with E-state index in [-0.39, 0.29) is 0 Å². The molecule has 102 valence electrons. The highest BCUT2D eigenvalue weighted by molar-refractivity contribution is 9.10. The lowest BCUT2D eigenvalue weighted by Crippen LogP contribution is -2.24. The summed E-state index contributed by atoms with van der Waals surface area (Å²) in [5.74, 6) is 0.588. The van der Waals surface area contributed by atoms with Gasteiger partial charge in [0.15, 0.2) is 5.65 Å². The number of hydrogen-bond acceptors (Lipinski definition) is 3. The monoisotopic (exact) mass is 322 g/mol. The Morgan fingerprint density at radius 2 is 2.05 bits per heavy atom. The summed E-state index contributed by atoms with van der Waals surface area (Å²) in [7, 11) is 0. The van der Waals surface area contributed by atoms with Gasteiger partial charge in [0.25, 0.3) is 0 Å². The highest BCUT2D eigenvalue weighted by Gasteiger charge is 2.29. The Kier molecular flexibility index (Phi) is 3.04. The second-order valence-electron chi connectivity index (χ2n) is 6.23. The van der Waals surface area contributed by atoms with Gasteiger partial charge in [0.2, 0.25) is 5.95 Å². The molecule has 0 radical (unpaired) electrons. The third kappa shape index (κ3) is 2.36. The number of nitrogens with zero attached hydrogens (tertiary/aromatic N) is 3. The minimum absolute atomic E-state index is 0.437. The lowest BCUT2D eigenvalue weighted by atomic mass is 9.75. The van der Waals surface area contributed by atoms with Gasteiger partial charge >= 0.3 is 0 Å². The molecule has 5 heteroatoms. The fourth-order valence-corrected chi connectivity index (χ4v) is 3.30. The molecule has 1 aliphatic rings. The summed E-state index contributed by atoms with van der Waals surface area (Å²) in [6, 6.07) is 2.41. The smallest absolute Gasteiger partial charge is 0.202 e. The van der Waals surface area contributed by atoms with Crippen LogP contribution in [0.15, 0.2) is 16.7 Å². The Morgan fingerprint density at radius 3 is 2.74 bits per heavy atom. The molecule has 1 fully saturated rings. The van der Waals surface area contributed by atoms with Gasteiger partial charge in [-0.2, -0.15) is 0 Å². The Morgan fingerprint density at radius 1 is 1.37 bits per heavy atom. The minimum atomic E-state index is 0.437. The van der Waals surface area contributed by atoms with Gasteiger partial charge in [0, 0.05) is 16.7 Å². The number of halogens is 1. The van der Waals surface area contributed by atoms with Crippen LogP contribution in [-0.2, 0) is 0 Å². The Hall–Kier alpha value is -1.10. The summed E-state index contributed by atoms with van der Waals surface area (Å²) in [5, 5.41) is 0. The summed E-state index contributed by atoms with van der Waals surface area (Å²) >= 11 is 3.42. The van der Waals surface area contributed by atoms with Crippen LogP contribution in [0.25, 0.3) is 11.2 Å². The predicted molar refractivity (Wildman–Crippen MR) is 80.9 cm³/mol. The van der Waals surface area contributed by atoms with Gasteiger partial charge < -0.3 is 5.73 Å². The molecule has 0 atom stereocenters. The number of nitrogen functional groups attached to an aromatic ring is 1.